The molecule has 1 aromatic heterocycles. The highest BCUT2D eigenvalue weighted by Gasteiger charge is 2.13. The lowest BCUT2D eigenvalue weighted by molar-refractivity contribution is 0.174. The van der Waals surface area contributed by atoms with Crippen LogP contribution in [0.2, 0.25) is 5.28 Å². The average Bonchev–Trinajstić information content (AvgIpc) is 2.81. The van der Waals surface area contributed by atoms with Crippen LogP contribution in [-0.4, -0.2) is 16.8 Å². The van der Waals surface area contributed by atoms with Crippen LogP contribution in [0.1, 0.15) is 0 Å². The fraction of sp³-hybridized carbons (Fsp3) is 0.0909. The van der Waals surface area contributed by atoms with Crippen LogP contribution in [0, 0.1) is 0 Å². The first-order chi connectivity index (χ1) is 8.72. The highest BCUT2D eigenvalue weighted by Crippen LogP contribution is 2.35. The monoisotopic (exact) mass is 264 g/mol. The number of halogens is 1. The lowest BCUT2D eigenvalue weighted by atomic mass is 10.2. The fourth-order valence-corrected chi connectivity index (χ4v) is 1.71. The van der Waals surface area contributed by atoms with Gasteiger partial charge in [-0.25, -0.2) is 4.98 Å². The van der Waals surface area contributed by atoms with E-state index in [4.69, 9.17) is 26.8 Å². The molecule has 3 rings (SSSR count). The Morgan fingerprint density at radius 2 is 2.11 bits per heavy atom. The second-order valence-electron chi connectivity index (χ2n) is 3.64. The van der Waals surface area contributed by atoms with Gasteiger partial charge in [-0.05, 0) is 23.7 Å². The van der Waals surface area contributed by atoms with E-state index >= 15 is 0 Å². The highest BCUT2D eigenvalue weighted by atomic mass is 35.5. The Kier molecular flexibility index (Phi) is 2.56. The Labute approximate surface area is 108 Å². The van der Waals surface area contributed by atoms with Crippen molar-refractivity contribution in [2.24, 2.45) is 0 Å². The lowest BCUT2D eigenvalue weighted by Crippen LogP contribution is -2.00. The minimum Gasteiger partial charge on any atom is -0.454 e. The third-order valence-electron chi connectivity index (χ3n) is 2.42. The van der Waals surface area contributed by atoms with Crippen molar-refractivity contribution in [2.75, 3.05) is 17.8 Å². The number of nitrogens with one attached hydrogen (secondary N) is 1. The normalized spacial score (nSPS) is 12.5. The summed E-state index contributed by atoms with van der Waals surface area (Å²) < 4.78 is 10.5. The fourth-order valence-electron chi connectivity index (χ4n) is 1.58. The third-order valence-corrected chi connectivity index (χ3v) is 2.61. The molecule has 18 heavy (non-hydrogen) atoms. The van der Waals surface area contributed by atoms with E-state index in [0.29, 0.717) is 23.0 Å². The number of rotatable bonds is 2. The molecule has 92 valence electrons. The molecule has 3 N–H and O–H groups in total. The summed E-state index contributed by atoms with van der Waals surface area (Å²) in [5.74, 6) is 1.85. The maximum atomic E-state index is 5.75. The van der Waals surface area contributed by atoms with Crippen LogP contribution in [0.4, 0.5) is 17.2 Å². The number of hydrogen-bond donors (Lipinski definition) is 2. The van der Waals surface area contributed by atoms with Crippen molar-refractivity contribution in [1.29, 1.82) is 0 Å². The minimum atomic E-state index is 0.132. The Bertz CT molecular complexity index is 606. The number of fused-ring (bicyclic) bond motifs is 1. The zero-order valence-electron chi connectivity index (χ0n) is 9.18. The van der Waals surface area contributed by atoms with Crippen LogP contribution in [0.5, 0.6) is 11.5 Å². The van der Waals surface area contributed by atoms with Crippen LogP contribution < -0.4 is 20.5 Å². The molecule has 0 spiro atoms. The molecule has 2 aromatic rings. The minimum absolute atomic E-state index is 0.132. The van der Waals surface area contributed by atoms with Crippen molar-refractivity contribution < 1.29 is 9.47 Å². The quantitative estimate of drug-likeness (QED) is 0.809. The van der Waals surface area contributed by atoms with Gasteiger partial charge in [0.2, 0.25) is 12.1 Å². The number of benzene rings is 1. The van der Waals surface area contributed by atoms with Crippen molar-refractivity contribution in [2.45, 2.75) is 0 Å². The molecule has 0 saturated heterocycles. The van der Waals surface area contributed by atoms with Gasteiger partial charge < -0.3 is 20.5 Å². The third kappa shape index (κ3) is 1.98. The van der Waals surface area contributed by atoms with Crippen LogP contribution in [0.25, 0.3) is 0 Å². The largest absolute Gasteiger partial charge is 0.454 e. The highest BCUT2D eigenvalue weighted by molar-refractivity contribution is 6.28. The Morgan fingerprint density at radius 3 is 3.00 bits per heavy atom. The van der Waals surface area contributed by atoms with Gasteiger partial charge in [-0.3, -0.25) is 0 Å². The van der Waals surface area contributed by atoms with Crippen molar-refractivity contribution in [3.63, 3.8) is 0 Å². The van der Waals surface area contributed by atoms with Gasteiger partial charge in [0.05, 0.1) is 11.9 Å². The van der Waals surface area contributed by atoms with Gasteiger partial charge in [-0.15, -0.1) is 0 Å². The molecule has 1 aliphatic heterocycles. The maximum Gasteiger partial charge on any atom is 0.231 e. The molecular formula is C11H9ClN4O2. The first kappa shape index (κ1) is 10.9. The predicted molar refractivity (Wildman–Crippen MR) is 67.3 cm³/mol. The summed E-state index contributed by atoms with van der Waals surface area (Å²) in [5.41, 5.74) is 6.94. The van der Waals surface area contributed by atoms with E-state index in [2.05, 4.69) is 15.3 Å². The molecular weight excluding hydrogens is 256 g/mol. The molecule has 0 unspecified atom stereocenters. The Hall–Kier alpha value is -2.21. The number of nitrogens with zero attached hydrogens (tertiary/aromatic N) is 2. The molecule has 0 amide bonds. The zero-order valence-corrected chi connectivity index (χ0v) is 9.94. The predicted octanol–water partition coefficient (Wildman–Crippen LogP) is 2.18. The van der Waals surface area contributed by atoms with Crippen LogP contribution in [-0.2, 0) is 0 Å². The maximum absolute atomic E-state index is 5.75. The van der Waals surface area contributed by atoms with Gasteiger partial charge in [-0.1, -0.05) is 0 Å². The molecule has 1 aliphatic rings. The number of hydrogen-bond acceptors (Lipinski definition) is 6. The van der Waals surface area contributed by atoms with E-state index in [9.17, 15) is 0 Å². The van der Waals surface area contributed by atoms with Crippen molar-refractivity contribution in [3.05, 3.63) is 29.7 Å². The van der Waals surface area contributed by atoms with E-state index in [-0.39, 0.29) is 12.1 Å². The number of nitrogen functional groups attached to an aromatic ring is 1. The number of ether oxygens (including phenoxy) is 2. The van der Waals surface area contributed by atoms with Crippen LogP contribution >= 0.6 is 11.6 Å². The van der Waals surface area contributed by atoms with Gasteiger partial charge >= 0.3 is 0 Å². The first-order valence-electron chi connectivity index (χ1n) is 5.17. The van der Waals surface area contributed by atoms with Crippen molar-refractivity contribution >= 4 is 28.8 Å². The van der Waals surface area contributed by atoms with Crippen LogP contribution in [0.15, 0.2) is 24.4 Å². The molecule has 2 heterocycles. The van der Waals surface area contributed by atoms with Gasteiger partial charge in [0, 0.05) is 11.8 Å². The van der Waals surface area contributed by atoms with Gasteiger partial charge in [0.15, 0.2) is 17.3 Å². The summed E-state index contributed by atoms with van der Waals surface area (Å²) in [5, 5.41) is 3.18. The summed E-state index contributed by atoms with van der Waals surface area (Å²) in [6.07, 6.45) is 1.45. The number of anilines is 3. The molecule has 0 bridgehead atoms. The summed E-state index contributed by atoms with van der Waals surface area (Å²) in [7, 11) is 0. The second-order valence-corrected chi connectivity index (χ2v) is 3.97. The average molecular weight is 265 g/mol. The van der Waals surface area contributed by atoms with Crippen LogP contribution in [0.3, 0.4) is 0 Å². The zero-order chi connectivity index (χ0) is 12.5. The Balaban J connectivity index is 1.90. The van der Waals surface area contributed by atoms with E-state index in [1.54, 1.807) is 6.07 Å². The summed E-state index contributed by atoms with van der Waals surface area (Å²) in [4.78, 5) is 7.79. The summed E-state index contributed by atoms with van der Waals surface area (Å²) in [6, 6.07) is 5.45. The van der Waals surface area contributed by atoms with E-state index in [0.717, 1.165) is 5.69 Å². The Morgan fingerprint density at radius 1 is 1.28 bits per heavy atom. The summed E-state index contributed by atoms with van der Waals surface area (Å²) >= 11 is 5.71. The standard InChI is InChI=1S/C11H9ClN4O2/c12-11-14-4-7(13)10(16-11)15-6-1-2-8-9(3-6)18-5-17-8/h1-4H,5,13H2,(H,14,15,16). The summed E-state index contributed by atoms with van der Waals surface area (Å²) in [6.45, 7) is 0.236. The number of nitrogens with two attached hydrogens (primary N) is 1. The van der Waals surface area contributed by atoms with Gasteiger partial charge in [0.25, 0.3) is 0 Å². The van der Waals surface area contributed by atoms with E-state index in [1.165, 1.54) is 6.20 Å². The van der Waals surface area contributed by atoms with Gasteiger partial charge in [-0.2, -0.15) is 4.98 Å². The molecule has 0 radical (unpaired) electrons. The smallest absolute Gasteiger partial charge is 0.231 e. The van der Waals surface area contributed by atoms with Crippen molar-refractivity contribution in [3.8, 4) is 11.5 Å². The molecule has 0 fully saturated rings. The topological polar surface area (TPSA) is 82.3 Å². The second kappa shape index (κ2) is 4.23. The molecule has 7 heteroatoms. The molecule has 0 saturated carbocycles. The van der Waals surface area contributed by atoms with Crippen molar-refractivity contribution in [1.82, 2.24) is 9.97 Å². The molecule has 6 nitrogen and oxygen atoms in total. The lowest BCUT2D eigenvalue weighted by Gasteiger charge is -2.08. The first-order valence-corrected chi connectivity index (χ1v) is 5.55. The van der Waals surface area contributed by atoms with Gasteiger partial charge in [0.1, 0.15) is 0 Å². The SMILES string of the molecule is Nc1cnc(Cl)nc1Nc1ccc2c(c1)OCO2. The number of aromatic nitrogens is 2. The molecule has 1 aromatic carbocycles. The van der Waals surface area contributed by atoms with E-state index < -0.39 is 0 Å². The molecule has 0 aliphatic carbocycles. The molecule has 0 atom stereocenters. The van der Waals surface area contributed by atoms with E-state index in [1.807, 2.05) is 12.1 Å².